The Hall–Kier alpha value is -2.17. The van der Waals surface area contributed by atoms with Crippen molar-refractivity contribution in [3.8, 4) is 0 Å². The number of nitrogens with two attached hydrogens (primary N) is 1. The summed E-state index contributed by atoms with van der Waals surface area (Å²) in [5.41, 5.74) is 9.93. The molecule has 1 unspecified atom stereocenters. The Bertz CT molecular complexity index is 777. The summed E-state index contributed by atoms with van der Waals surface area (Å²) in [5.74, 6) is 0.505. The summed E-state index contributed by atoms with van der Waals surface area (Å²) < 4.78 is 5.41. The molecule has 0 amide bonds. The molecule has 4 heteroatoms. The van der Waals surface area contributed by atoms with E-state index in [-0.39, 0.29) is 5.78 Å². The van der Waals surface area contributed by atoms with Crippen LogP contribution in [0.1, 0.15) is 54.6 Å². The van der Waals surface area contributed by atoms with E-state index in [2.05, 4.69) is 43.0 Å². The summed E-state index contributed by atoms with van der Waals surface area (Å²) in [5, 5.41) is 0. The molecule has 1 atom stereocenters. The Kier molecular flexibility index (Phi) is 6.53. The summed E-state index contributed by atoms with van der Waals surface area (Å²) in [6.07, 6.45) is 1.15. The maximum atomic E-state index is 13.2. The third-order valence-corrected chi connectivity index (χ3v) is 5.75. The number of carbonyl (C=O) groups excluding carboxylic acids is 1. The zero-order valence-corrected chi connectivity index (χ0v) is 17.3. The van der Waals surface area contributed by atoms with E-state index in [1.54, 1.807) is 0 Å². The van der Waals surface area contributed by atoms with Crippen LogP contribution in [0.3, 0.4) is 0 Å². The number of anilines is 1. The van der Waals surface area contributed by atoms with Crippen LogP contribution < -0.4 is 10.6 Å². The standard InChI is InChI=1S/C24H32N2O2/c1-4-24(25,17-19-5-7-20(8-6-19)18(2)3)23(27)21-9-11-22(12-10-21)26-13-15-28-16-14-26/h5-12,18H,4,13-17,25H2,1-3H3. The smallest absolute Gasteiger partial charge is 0.182 e. The number of benzene rings is 2. The van der Waals surface area contributed by atoms with Crippen molar-refractivity contribution in [1.82, 2.24) is 0 Å². The Balaban J connectivity index is 1.74. The summed E-state index contributed by atoms with van der Waals surface area (Å²) in [7, 11) is 0. The van der Waals surface area contributed by atoms with Gasteiger partial charge < -0.3 is 15.4 Å². The molecular weight excluding hydrogens is 348 g/mol. The first-order valence-corrected chi connectivity index (χ1v) is 10.3. The second-order valence-corrected chi connectivity index (χ2v) is 8.06. The van der Waals surface area contributed by atoms with Gasteiger partial charge in [0.05, 0.1) is 18.8 Å². The Labute approximate surface area is 168 Å². The van der Waals surface area contributed by atoms with Crippen LogP contribution in [-0.2, 0) is 11.2 Å². The number of ether oxygens (including phenoxy) is 1. The van der Waals surface area contributed by atoms with E-state index in [0.717, 1.165) is 37.6 Å². The fraction of sp³-hybridized carbons (Fsp3) is 0.458. The minimum atomic E-state index is -0.889. The van der Waals surface area contributed by atoms with E-state index in [9.17, 15) is 4.79 Å². The van der Waals surface area contributed by atoms with Crippen LogP contribution >= 0.6 is 0 Å². The molecule has 1 heterocycles. The Morgan fingerprint density at radius 2 is 1.68 bits per heavy atom. The monoisotopic (exact) mass is 380 g/mol. The van der Waals surface area contributed by atoms with E-state index < -0.39 is 5.54 Å². The predicted octanol–water partition coefficient (Wildman–Crippen LogP) is 4.18. The highest BCUT2D eigenvalue weighted by molar-refractivity contribution is 6.03. The zero-order valence-electron chi connectivity index (χ0n) is 17.3. The molecule has 2 N–H and O–H groups in total. The third kappa shape index (κ3) is 4.62. The first-order valence-electron chi connectivity index (χ1n) is 10.3. The summed E-state index contributed by atoms with van der Waals surface area (Å²) in [4.78, 5) is 15.5. The minimum absolute atomic E-state index is 0.0106. The summed E-state index contributed by atoms with van der Waals surface area (Å²) in [6, 6.07) is 16.3. The molecule has 0 aromatic heterocycles. The number of Topliss-reactive ketones (excluding diaryl/α,β-unsaturated/α-hetero) is 1. The van der Waals surface area contributed by atoms with Crippen LogP contribution in [-0.4, -0.2) is 37.6 Å². The largest absolute Gasteiger partial charge is 0.378 e. The average molecular weight is 381 g/mol. The van der Waals surface area contributed by atoms with Crippen LogP contribution in [0, 0.1) is 0 Å². The molecule has 150 valence electrons. The van der Waals surface area contributed by atoms with E-state index in [4.69, 9.17) is 10.5 Å². The van der Waals surface area contributed by atoms with Gasteiger partial charge in [-0.15, -0.1) is 0 Å². The van der Waals surface area contributed by atoms with Gasteiger partial charge in [0.25, 0.3) is 0 Å². The summed E-state index contributed by atoms with van der Waals surface area (Å²) in [6.45, 7) is 9.61. The van der Waals surface area contributed by atoms with Crippen molar-refractivity contribution in [3.05, 3.63) is 65.2 Å². The van der Waals surface area contributed by atoms with Gasteiger partial charge in [0, 0.05) is 24.3 Å². The van der Waals surface area contributed by atoms with E-state index in [0.29, 0.717) is 24.3 Å². The Morgan fingerprint density at radius 3 is 2.21 bits per heavy atom. The molecule has 2 aromatic rings. The van der Waals surface area contributed by atoms with Gasteiger partial charge in [0.2, 0.25) is 0 Å². The average Bonchev–Trinajstić information content (AvgIpc) is 2.74. The fourth-order valence-corrected chi connectivity index (χ4v) is 3.68. The predicted molar refractivity (Wildman–Crippen MR) is 115 cm³/mol. The van der Waals surface area contributed by atoms with Gasteiger partial charge in [-0.3, -0.25) is 4.79 Å². The molecule has 2 aromatic carbocycles. The van der Waals surface area contributed by atoms with Crippen LogP contribution in [0.25, 0.3) is 0 Å². The normalized spacial score (nSPS) is 16.8. The summed E-state index contributed by atoms with van der Waals surface area (Å²) >= 11 is 0. The van der Waals surface area contributed by atoms with Gasteiger partial charge in [-0.2, -0.15) is 0 Å². The number of ketones is 1. The number of rotatable bonds is 7. The highest BCUT2D eigenvalue weighted by atomic mass is 16.5. The van der Waals surface area contributed by atoms with Crippen LogP contribution in [0.2, 0.25) is 0 Å². The van der Waals surface area contributed by atoms with Crippen LogP contribution in [0.4, 0.5) is 5.69 Å². The molecule has 4 nitrogen and oxygen atoms in total. The number of hydrogen-bond donors (Lipinski definition) is 1. The van der Waals surface area contributed by atoms with Crippen molar-refractivity contribution in [2.75, 3.05) is 31.2 Å². The highest BCUT2D eigenvalue weighted by Gasteiger charge is 2.33. The lowest BCUT2D eigenvalue weighted by Crippen LogP contribution is -2.49. The second-order valence-electron chi connectivity index (χ2n) is 8.06. The number of morpholine rings is 1. The molecule has 0 radical (unpaired) electrons. The molecule has 0 aliphatic carbocycles. The lowest BCUT2D eigenvalue weighted by Gasteiger charge is -2.30. The maximum Gasteiger partial charge on any atom is 0.182 e. The molecule has 0 saturated carbocycles. The van der Waals surface area contributed by atoms with Crippen LogP contribution in [0.5, 0.6) is 0 Å². The quantitative estimate of drug-likeness (QED) is 0.732. The van der Waals surface area contributed by atoms with Crippen molar-refractivity contribution in [1.29, 1.82) is 0 Å². The highest BCUT2D eigenvalue weighted by Crippen LogP contribution is 2.24. The molecule has 1 fully saturated rings. The molecule has 0 spiro atoms. The van der Waals surface area contributed by atoms with Gasteiger partial charge in [-0.05, 0) is 54.2 Å². The topological polar surface area (TPSA) is 55.6 Å². The lowest BCUT2D eigenvalue weighted by atomic mass is 9.82. The van der Waals surface area contributed by atoms with E-state index in [1.165, 1.54) is 5.56 Å². The van der Waals surface area contributed by atoms with Gasteiger partial charge in [0.15, 0.2) is 5.78 Å². The van der Waals surface area contributed by atoms with E-state index >= 15 is 0 Å². The lowest BCUT2D eigenvalue weighted by molar-refractivity contribution is 0.0883. The van der Waals surface area contributed by atoms with Crippen molar-refractivity contribution < 1.29 is 9.53 Å². The zero-order chi connectivity index (χ0) is 20.1. The van der Waals surface area contributed by atoms with Crippen LogP contribution in [0.15, 0.2) is 48.5 Å². The Morgan fingerprint density at radius 1 is 1.07 bits per heavy atom. The number of hydrogen-bond acceptors (Lipinski definition) is 4. The van der Waals surface area contributed by atoms with Gasteiger partial charge in [-0.25, -0.2) is 0 Å². The van der Waals surface area contributed by atoms with Crippen molar-refractivity contribution in [3.63, 3.8) is 0 Å². The molecule has 1 aliphatic heterocycles. The van der Waals surface area contributed by atoms with Gasteiger partial charge >= 0.3 is 0 Å². The van der Waals surface area contributed by atoms with Crippen molar-refractivity contribution in [2.45, 2.75) is 45.1 Å². The van der Waals surface area contributed by atoms with Crippen molar-refractivity contribution in [2.24, 2.45) is 5.73 Å². The molecule has 1 aliphatic rings. The van der Waals surface area contributed by atoms with Gasteiger partial charge in [0.1, 0.15) is 0 Å². The first kappa shape index (κ1) is 20.6. The maximum absolute atomic E-state index is 13.2. The minimum Gasteiger partial charge on any atom is -0.378 e. The van der Waals surface area contributed by atoms with Crippen molar-refractivity contribution >= 4 is 11.5 Å². The third-order valence-electron chi connectivity index (χ3n) is 5.75. The fourth-order valence-electron chi connectivity index (χ4n) is 3.68. The molecular formula is C24H32N2O2. The molecule has 28 heavy (non-hydrogen) atoms. The first-order chi connectivity index (χ1) is 13.4. The SMILES string of the molecule is CCC(N)(Cc1ccc(C(C)C)cc1)C(=O)c1ccc(N2CCOCC2)cc1. The second kappa shape index (κ2) is 8.89. The number of carbonyl (C=O) groups is 1. The number of nitrogens with zero attached hydrogens (tertiary/aromatic N) is 1. The van der Waals surface area contributed by atoms with Gasteiger partial charge in [-0.1, -0.05) is 45.0 Å². The van der Waals surface area contributed by atoms with E-state index in [1.807, 2.05) is 31.2 Å². The molecule has 0 bridgehead atoms. The molecule has 1 saturated heterocycles. The molecule has 3 rings (SSSR count).